The Morgan fingerprint density at radius 3 is 2.61 bits per heavy atom. The van der Waals surface area contributed by atoms with Crippen molar-refractivity contribution in [2.24, 2.45) is 4.99 Å². The van der Waals surface area contributed by atoms with Crippen molar-refractivity contribution in [2.75, 3.05) is 13.6 Å². The van der Waals surface area contributed by atoms with Crippen molar-refractivity contribution in [2.45, 2.75) is 50.4 Å². The first kappa shape index (κ1) is 18.5. The molecule has 1 saturated heterocycles. The fraction of sp³-hybridized carbons (Fsp3) is 0.500. The van der Waals surface area contributed by atoms with Crippen LogP contribution in [0.2, 0.25) is 0 Å². The molecule has 1 aromatic carbocycles. The summed E-state index contributed by atoms with van der Waals surface area (Å²) >= 11 is 0. The van der Waals surface area contributed by atoms with Gasteiger partial charge in [-0.3, -0.25) is 14.9 Å². The maximum Gasteiger partial charge on any atom is 0.325 e. The van der Waals surface area contributed by atoms with Gasteiger partial charge in [0.05, 0.1) is 6.54 Å². The molecular weight excluding hydrogens is 358 g/mol. The van der Waals surface area contributed by atoms with E-state index in [0.29, 0.717) is 11.5 Å². The molecule has 28 heavy (non-hydrogen) atoms. The average Bonchev–Trinajstić information content (AvgIpc) is 3.06. The van der Waals surface area contributed by atoms with Crippen molar-refractivity contribution in [3.8, 4) is 0 Å². The van der Waals surface area contributed by atoms with Crippen molar-refractivity contribution in [1.29, 1.82) is 0 Å². The molecule has 1 aliphatic carbocycles. The molecule has 3 amide bonds. The Hall–Kier alpha value is -2.90. The van der Waals surface area contributed by atoms with Gasteiger partial charge in [0.25, 0.3) is 5.91 Å². The highest BCUT2D eigenvalue weighted by atomic mass is 16.2. The second-order valence-corrected chi connectivity index (χ2v) is 7.61. The predicted octanol–water partition coefficient (Wildman–Crippen LogP) is 1.34. The lowest BCUT2D eigenvalue weighted by Crippen LogP contribution is -2.64. The lowest BCUT2D eigenvalue weighted by atomic mass is 9.96. The number of imide groups is 1. The number of rotatable bonds is 4. The monoisotopic (exact) mass is 383 g/mol. The van der Waals surface area contributed by atoms with Gasteiger partial charge in [-0.1, -0.05) is 49.6 Å². The Kier molecular flexibility index (Phi) is 5.02. The summed E-state index contributed by atoms with van der Waals surface area (Å²) in [4.78, 5) is 45.2. The number of carbonyl (C=O) groups excluding carboxylic acids is 3. The Labute approximate surface area is 164 Å². The number of carbonyl (C=O) groups is 3. The quantitative estimate of drug-likeness (QED) is 0.766. The lowest BCUT2D eigenvalue weighted by molar-refractivity contribution is -0.126. The van der Waals surface area contributed by atoms with E-state index in [9.17, 15) is 14.4 Å². The third kappa shape index (κ3) is 3.46. The van der Waals surface area contributed by atoms with Gasteiger partial charge in [-0.15, -0.1) is 0 Å². The number of benzene rings is 1. The molecule has 4 rings (SSSR count). The average molecular weight is 383 g/mol. The molecule has 3 aliphatic rings. The molecule has 2 N–H and O–H groups in total. The van der Waals surface area contributed by atoms with Crippen LogP contribution < -0.4 is 10.6 Å². The van der Waals surface area contributed by atoms with Crippen LogP contribution in [0.15, 0.2) is 35.3 Å². The summed E-state index contributed by atoms with van der Waals surface area (Å²) in [5.41, 5.74) is 0.587. The van der Waals surface area contributed by atoms with Gasteiger partial charge >= 0.3 is 6.03 Å². The standard InChI is InChI=1S/C20H25N5O3/c1-24-17-16(18(27)23-20(24)28)25(12-15(26)13-8-4-2-5-9-13)19(22-17)21-14-10-6-3-7-11-14/h2,4-5,8-9,14,16-17H,3,6-7,10-12H2,1H3,(H,21,22)(H,23,27,28). The van der Waals surface area contributed by atoms with Crippen LogP contribution in [0.4, 0.5) is 4.79 Å². The third-order valence-corrected chi connectivity index (χ3v) is 5.71. The summed E-state index contributed by atoms with van der Waals surface area (Å²) in [5, 5.41) is 5.80. The fourth-order valence-corrected chi connectivity index (χ4v) is 4.12. The number of urea groups is 1. The smallest absolute Gasteiger partial charge is 0.325 e. The highest BCUT2D eigenvalue weighted by molar-refractivity contribution is 6.06. The van der Waals surface area contributed by atoms with E-state index < -0.39 is 24.1 Å². The van der Waals surface area contributed by atoms with Crippen molar-refractivity contribution in [3.63, 3.8) is 0 Å². The SMILES string of the molecule is CN1C(=O)NC(=O)C2C1N=C(NC1CCCCC1)N2CC(=O)c1ccccc1. The molecule has 1 aromatic rings. The van der Waals surface area contributed by atoms with Crippen LogP contribution >= 0.6 is 0 Å². The number of hydrogen-bond acceptors (Lipinski definition) is 6. The Morgan fingerprint density at radius 2 is 1.89 bits per heavy atom. The minimum absolute atomic E-state index is 0.0270. The summed E-state index contributed by atoms with van der Waals surface area (Å²) in [6.45, 7) is 0.0270. The van der Waals surface area contributed by atoms with Crippen LogP contribution in [-0.4, -0.2) is 65.3 Å². The third-order valence-electron chi connectivity index (χ3n) is 5.71. The molecule has 0 bridgehead atoms. The Bertz CT molecular complexity index is 803. The van der Waals surface area contributed by atoms with Gasteiger partial charge in [0, 0.05) is 18.7 Å². The number of nitrogens with one attached hydrogen (secondary N) is 2. The van der Waals surface area contributed by atoms with Crippen molar-refractivity contribution in [3.05, 3.63) is 35.9 Å². The van der Waals surface area contributed by atoms with E-state index >= 15 is 0 Å². The van der Waals surface area contributed by atoms with Crippen molar-refractivity contribution >= 4 is 23.7 Å². The molecule has 0 radical (unpaired) electrons. The first-order valence-electron chi connectivity index (χ1n) is 9.81. The normalized spacial score (nSPS) is 25.2. The molecule has 2 unspecified atom stereocenters. The van der Waals surface area contributed by atoms with Gasteiger partial charge in [0.1, 0.15) is 0 Å². The van der Waals surface area contributed by atoms with Crippen molar-refractivity contribution < 1.29 is 14.4 Å². The minimum Gasteiger partial charge on any atom is -0.353 e. The van der Waals surface area contributed by atoms with Gasteiger partial charge in [-0.2, -0.15) is 0 Å². The Balaban J connectivity index is 1.59. The highest BCUT2D eigenvalue weighted by Gasteiger charge is 2.49. The Morgan fingerprint density at radius 1 is 1.18 bits per heavy atom. The largest absolute Gasteiger partial charge is 0.353 e. The molecule has 2 aliphatic heterocycles. The number of ketones is 1. The summed E-state index contributed by atoms with van der Waals surface area (Å²) in [6.07, 6.45) is 4.98. The van der Waals surface area contributed by atoms with Crippen LogP contribution in [0.25, 0.3) is 0 Å². The summed E-state index contributed by atoms with van der Waals surface area (Å²) in [7, 11) is 1.61. The first-order chi connectivity index (χ1) is 13.5. The molecule has 1 saturated carbocycles. The zero-order chi connectivity index (χ0) is 19.7. The van der Waals surface area contributed by atoms with E-state index in [1.807, 2.05) is 18.2 Å². The topological polar surface area (TPSA) is 94.1 Å². The molecule has 148 valence electrons. The van der Waals surface area contributed by atoms with Crippen LogP contribution in [0, 0.1) is 0 Å². The van der Waals surface area contributed by atoms with Gasteiger partial charge in [-0.25, -0.2) is 9.79 Å². The summed E-state index contributed by atoms with van der Waals surface area (Å²) in [6, 6.07) is 8.10. The zero-order valence-corrected chi connectivity index (χ0v) is 15.9. The minimum atomic E-state index is -0.707. The number of likely N-dealkylation sites (N-methyl/N-ethyl adjacent to an activating group) is 1. The number of hydrogen-bond donors (Lipinski definition) is 2. The number of amides is 3. The van der Waals surface area contributed by atoms with Crippen LogP contribution in [0.5, 0.6) is 0 Å². The van der Waals surface area contributed by atoms with E-state index in [4.69, 9.17) is 0 Å². The maximum absolute atomic E-state index is 12.8. The molecular formula is C20H25N5O3. The van der Waals surface area contributed by atoms with E-state index in [-0.39, 0.29) is 18.4 Å². The zero-order valence-electron chi connectivity index (χ0n) is 15.9. The highest BCUT2D eigenvalue weighted by Crippen LogP contribution is 2.25. The predicted molar refractivity (Wildman–Crippen MR) is 104 cm³/mol. The number of fused-ring (bicyclic) bond motifs is 1. The number of Topliss-reactive ketones (excluding diaryl/α,β-unsaturated/α-hetero) is 1. The molecule has 2 fully saturated rings. The van der Waals surface area contributed by atoms with Gasteiger partial charge in [-0.05, 0) is 12.8 Å². The molecule has 8 nitrogen and oxygen atoms in total. The van der Waals surface area contributed by atoms with Gasteiger partial charge in [0.2, 0.25) is 0 Å². The molecule has 8 heteroatoms. The number of aliphatic imine (C=N–C) groups is 1. The second-order valence-electron chi connectivity index (χ2n) is 7.61. The summed E-state index contributed by atoms with van der Waals surface area (Å²) in [5.74, 6) is 0.0211. The summed E-state index contributed by atoms with van der Waals surface area (Å²) < 4.78 is 0. The van der Waals surface area contributed by atoms with Crippen LogP contribution in [-0.2, 0) is 4.79 Å². The molecule has 2 heterocycles. The van der Waals surface area contributed by atoms with Gasteiger partial charge < -0.3 is 15.1 Å². The van der Waals surface area contributed by atoms with Crippen LogP contribution in [0.3, 0.4) is 0 Å². The lowest BCUT2D eigenvalue weighted by Gasteiger charge is -2.36. The molecule has 2 atom stereocenters. The second kappa shape index (κ2) is 7.61. The van der Waals surface area contributed by atoms with Crippen molar-refractivity contribution in [1.82, 2.24) is 20.4 Å². The van der Waals surface area contributed by atoms with E-state index in [0.717, 1.165) is 25.7 Å². The first-order valence-corrected chi connectivity index (χ1v) is 9.81. The van der Waals surface area contributed by atoms with Gasteiger partial charge in [0.15, 0.2) is 24.0 Å². The molecule has 0 spiro atoms. The van der Waals surface area contributed by atoms with E-state index in [1.54, 1.807) is 24.1 Å². The van der Waals surface area contributed by atoms with E-state index in [2.05, 4.69) is 15.6 Å². The molecule has 0 aromatic heterocycles. The number of guanidine groups is 1. The number of nitrogens with zero attached hydrogens (tertiary/aromatic N) is 3. The van der Waals surface area contributed by atoms with E-state index in [1.165, 1.54) is 11.3 Å². The van der Waals surface area contributed by atoms with Crippen LogP contribution in [0.1, 0.15) is 42.5 Å². The maximum atomic E-state index is 12.8. The fourth-order valence-electron chi connectivity index (χ4n) is 4.12.